The van der Waals surface area contributed by atoms with Gasteiger partial charge in [-0.15, -0.1) is 11.3 Å². The molecule has 0 bridgehead atoms. The van der Waals surface area contributed by atoms with Crippen LogP contribution in [0.4, 0.5) is 15.5 Å². The van der Waals surface area contributed by atoms with Crippen molar-refractivity contribution in [1.29, 1.82) is 0 Å². The fraction of sp³-hybridized carbons (Fsp3) is 0.154. The molecule has 2 amide bonds. The second-order valence-corrected chi connectivity index (χ2v) is 4.82. The summed E-state index contributed by atoms with van der Waals surface area (Å²) in [6.07, 6.45) is 0. The Labute approximate surface area is 104 Å². The lowest BCUT2D eigenvalue weighted by atomic mass is 10.1. The molecule has 2 aromatic rings. The van der Waals surface area contributed by atoms with Crippen molar-refractivity contribution in [3.05, 3.63) is 46.8 Å². The number of anilines is 2. The van der Waals surface area contributed by atoms with Gasteiger partial charge in [-0.25, -0.2) is 4.79 Å². The highest BCUT2D eigenvalue weighted by molar-refractivity contribution is 7.14. The summed E-state index contributed by atoms with van der Waals surface area (Å²) in [7, 11) is 0. The summed E-state index contributed by atoms with van der Waals surface area (Å²) in [5.74, 6) is 0. The van der Waals surface area contributed by atoms with Crippen LogP contribution in [-0.2, 0) is 0 Å². The maximum absolute atomic E-state index is 11.7. The minimum absolute atomic E-state index is 0.209. The number of aryl methyl sites for hydroxylation is 2. The summed E-state index contributed by atoms with van der Waals surface area (Å²) < 4.78 is 0. The summed E-state index contributed by atoms with van der Waals surface area (Å²) in [6, 6.07) is 9.50. The number of rotatable bonds is 2. The molecule has 0 atom stereocenters. The predicted molar refractivity (Wildman–Crippen MR) is 72.9 cm³/mol. The normalized spacial score (nSPS) is 10.0. The van der Waals surface area contributed by atoms with Gasteiger partial charge in [-0.1, -0.05) is 17.7 Å². The van der Waals surface area contributed by atoms with Crippen LogP contribution in [0.15, 0.2) is 35.7 Å². The van der Waals surface area contributed by atoms with Crippen molar-refractivity contribution in [2.45, 2.75) is 13.8 Å². The summed E-state index contributed by atoms with van der Waals surface area (Å²) >= 11 is 1.50. The first-order valence-electron chi connectivity index (χ1n) is 5.34. The average molecular weight is 246 g/mol. The Bertz CT molecular complexity index is 520. The monoisotopic (exact) mass is 246 g/mol. The van der Waals surface area contributed by atoms with Gasteiger partial charge in [0.1, 0.15) is 0 Å². The number of hydrogen-bond acceptors (Lipinski definition) is 2. The van der Waals surface area contributed by atoms with Crippen LogP contribution >= 0.6 is 11.3 Å². The Hall–Kier alpha value is -1.81. The highest BCUT2D eigenvalue weighted by Crippen LogP contribution is 2.18. The van der Waals surface area contributed by atoms with Crippen LogP contribution in [0.2, 0.25) is 0 Å². The van der Waals surface area contributed by atoms with E-state index in [2.05, 4.69) is 10.6 Å². The van der Waals surface area contributed by atoms with E-state index in [0.29, 0.717) is 0 Å². The van der Waals surface area contributed by atoms with Crippen LogP contribution in [0.5, 0.6) is 0 Å². The van der Waals surface area contributed by atoms with Crippen LogP contribution in [0.1, 0.15) is 11.1 Å². The first-order chi connectivity index (χ1) is 8.15. The van der Waals surface area contributed by atoms with E-state index in [0.717, 1.165) is 16.3 Å². The van der Waals surface area contributed by atoms with Crippen LogP contribution in [0, 0.1) is 13.8 Å². The molecule has 0 spiro atoms. The van der Waals surface area contributed by atoms with E-state index in [4.69, 9.17) is 0 Å². The Kier molecular flexibility index (Phi) is 3.44. The minimum atomic E-state index is -0.209. The average Bonchev–Trinajstić information content (AvgIpc) is 2.75. The lowest BCUT2D eigenvalue weighted by Crippen LogP contribution is -2.19. The van der Waals surface area contributed by atoms with Gasteiger partial charge in [0.2, 0.25) is 0 Å². The molecule has 0 unspecified atom stereocenters. The topological polar surface area (TPSA) is 41.1 Å². The van der Waals surface area contributed by atoms with E-state index < -0.39 is 0 Å². The van der Waals surface area contributed by atoms with E-state index >= 15 is 0 Å². The van der Waals surface area contributed by atoms with Gasteiger partial charge in [0.15, 0.2) is 0 Å². The molecule has 17 heavy (non-hydrogen) atoms. The molecule has 0 saturated carbocycles. The maximum atomic E-state index is 11.7. The zero-order chi connectivity index (χ0) is 12.3. The lowest BCUT2D eigenvalue weighted by molar-refractivity contribution is 0.262. The van der Waals surface area contributed by atoms with Gasteiger partial charge in [0.05, 0.1) is 5.00 Å². The third-order valence-corrected chi connectivity index (χ3v) is 3.17. The maximum Gasteiger partial charge on any atom is 0.324 e. The molecule has 3 nitrogen and oxygen atoms in total. The third kappa shape index (κ3) is 3.07. The summed E-state index contributed by atoms with van der Waals surface area (Å²) in [6.45, 7) is 4.01. The third-order valence-electron chi connectivity index (χ3n) is 2.39. The molecule has 2 N–H and O–H groups in total. The van der Waals surface area contributed by atoms with Gasteiger partial charge in [0.25, 0.3) is 0 Å². The van der Waals surface area contributed by atoms with Gasteiger partial charge in [-0.05, 0) is 43.0 Å². The largest absolute Gasteiger partial charge is 0.324 e. The number of urea groups is 1. The molecule has 0 radical (unpaired) electrons. The fourth-order valence-corrected chi connectivity index (χ4v) is 2.18. The van der Waals surface area contributed by atoms with E-state index in [-0.39, 0.29) is 6.03 Å². The summed E-state index contributed by atoms with van der Waals surface area (Å²) in [4.78, 5) is 11.7. The smallest absolute Gasteiger partial charge is 0.307 e. The number of hydrogen-bond donors (Lipinski definition) is 2. The van der Waals surface area contributed by atoms with Crippen LogP contribution < -0.4 is 10.6 Å². The molecule has 0 aliphatic carbocycles. The molecule has 2 rings (SSSR count). The van der Waals surface area contributed by atoms with Gasteiger partial charge in [0, 0.05) is 5.69 Å². The number of thiophene rings is 1. The quantitative estimate of drug-likeness (QED) is 0.826. The van der Waals surface area contributed by atoms with Crippen molar-refractivity contribution in [3.63, 3.8) is 0 Å². The molecule has 0 aliphatic heterocycles. The number of carbonyl (C=O) groups is 1. The lowest BCUT2D eigenvalue weighted by Gasteiger charge is -2.09. The van der Waals surface area contributed by atoms with Crippen molar-refractivity contribution in [1.82, 2.24) is 0 Å². The molecular formula is C13H14N2OS. The molecular weight excluding hydrogens is 232 g/mol. The molecule has 0 aliphatic rings. The number of nitrogens with one attached hydrogen (secondary N) is 2. The van der Waals surface area contributed by atoms with Crippen molar-refractivity contribution in [2.75, 3.05) is 10.6 Å². The highest BCUT2D eigenvalue weighted by atomic mass is 32.1. The molecule has 1 heterocycles. The molecule has 1 aromatic heterocycles. The molecule has 0 saturated heterocycles. The number of carbonyl (C=O) groups excluding carboxylic acids is 1. The second-order valence-electron chi connectivity index (χ2n) is 3.87. The van der Waals surface area contributed by atoms with Crippen molar-refractivity contribution in [3.8, 4) is 0 Å². The molecule has 4 heteroatoms. The van der Waals surface area contributed by atoms with E-state index in [1.807, 2.05) is 49.6 Å². The zero-order valence-corrected chi connectivity index (χ0v) is 10.6. The molecule has 0 fully saturated rings. The molecule has 88 valence electrons. The first kappa shape index (κ1) is 11.7. The van der Waals surface area contributed by atoms with Crippen molar-refractivity contribution < 1.29 is 4.79 Å². The van der Waals surface area contributed by atoms with E-state index in [1.54, 1.807) is 0 Å². The Balaban J connectivity index is 2.03. The van der Waals surface area contributed by atoms with E-state index in [1.165, 1.54) is 16.9 Å². The summed E-state index contributed by atoms with van der Waals surface area (Å²) in [5.41, 5.74) is 3.09. The van der Waals surface area contributed by atoms with E-state index in [9.17, 15) is 4.79 Å². The van der Waals surface area contributed by atoms with Crippen LogP contribution in [-0.4, -0.2) is 6.03 Å². The van der Waals surface area contributed by atoms with Gasteiger partial charge >= 0.3 is 6.03 Å². The van der Waals surface area contributed by atoms with Crippen LogP contribution in [0.3, 0.4) is 0 Å². The molecule has 1 aromatic carbocycles. The Morgan fingerprint density at radius 3 is 2.65 bits per heavy atom. The van der Waals surface area contributed by atoms with Gasteiger partial charge < -0.3 is 5.32 Å². The zero-order valence-electron chi connectivity index (χ0n) is 9.78. The first-order valence-corrected chi connectivity index (χ1v) is 6.22. The number of amides is 2. The summed E-state index contributed by atoms with van der Waals surface area (Å²) in [5, 5.41) is 8.38. The Morgan fingerprint density at radius 1 is 1.18 bits per heavy atom. The predicted octanol–water partition coefficient (Wildman–Crippen LogP) is 4.01. The van der Waals surface area contributed by atoms with Crippen molar-refractivity contribution in [2.24, 2.45) is 0 Å². The van der Waals surface area contributed by atoms with Gasteiger partial charge in [-0.3, -0.25) is 5.32 Å². The van der Waals surface area contributed by atoms with Crippen molar-refractivity contribution >= 4 is 28.1 Å². The van der Waals surface area contributed by atoms with Crippen LogP contribution in [0.25, 0.3) is 0 Å². The minimum Gasteiger partial charge on any atom is -0.307 e. The Morgan fingerprint density at radius 2 is 2.00 bits per heavy atom. The van der Waals surface area contributed by atoms with Gasteiger partial charge in [-0.2, -0.15) is 0 Å². The fourth-order valence-electron chi connectivity index (χ4n) is 1.57. The number of benzene rings is 1. The standard InChI is InChI=1S/C13H14N2OS/c1-9-5-6-11(10(2)8-9)14-13(16)15-12-4-3-7-17-12/h3-8H,1-2H3,(H2,14,15,16). The highest BCUT2D eigenvalue weighted by Gasteiger charge is 2.05. The SMILES string of the molecule is Cc1ccc(NC(=O)Nc2cccs2)c(C)c1. The second kappa shape index (κ2) is 5.01.